The second-order valence-corrected chi connectivity index (χ2v) is 11.4. The summed E-state index contributed by atoms with van der Waals surface area (Å²) in [6.07, 6.45) is 1.26. The van der Waals surface area contributed by atoms with Crippen LogP contribution in [0.15, 0.2) is 77.7 Å². The summed E-state index contributed by atoms with van der Waals surface area (Å²) < 4.78 is 33.9. The van der Waals surface area contributed by atoms with Gasteiger partial charge >= 0.3 is 0 Å². The van der Waals surface area contributed by atoms with E-state index in [1.807, 2.05) is 48.5 Å². The van der Waals surface area contributed by atoms with Gasteiger partial charge in [-0.2, -0.15) is 4.31 Å². The summed E-state index contributed by atoms with van der Waals surface area (Å²) in [7, 11) is -2.16. The monoisotopic (exact) mass is 507 g/mol. The van der Waals surface area contributed by atoms with Crippen molar-refractivity contribution in [3.05, 3.63) is 72.8 Å². The summed E-state index contributed by atoms with van der Waals surface area (Å²) in [6, 6.07) is 21.9. The van der Waals surface area contributed by atoms with Crippen LogP contribution in [-0.2, 0) is 14.8 Å². The molecule has 4 aromatic rings. The van der Waals surface area contributed by atoms with Crippen LogP contribution >= 0.6 is 11.3 Å². The normalized spacial score (nSPS) is 16.8. The van der Waals surface area contributed by atoms with Crippen molar-refractivity contribution in [1.82, 2.24) is 9.29 Å². The average molecular weight is 508 g/mol. The fraction of sp³-hybridized carbons (Fsp3) is 0.231. The average Bonchev–Trinajstić information content (AvgIpc) is 3.33. The highest BCUT2D eigenvalue weighted by Gasteiger charge is 2.33. The number of piperidine rings is 1. The first-order valence-corrected chi connectivity index (χ1v) is 13.6. The fourth-order valence-electron chi connectivity index (χ4n) is 4.24. The van der Waals surface area contributed by atoms with E-state index in [9.17, 15) is 13.2 Å². The van der Waals surface area contributed by atoms with Crippen molar-refractivity contribution in [3.8, 4) is 16.3 Å². The van der Waals surface area contributed by atoms with Crippen molar-refractivity contribution in [1.29, 1.82) is 0 Å². The van der Waals surface area contributed by atoms with Gasteiger partial charge in [-0.3, -0.25) is 4.79 Å². The van der Waals surface area contributed by atoms with Crippen molar-refractivity contribution in [2.45, 2.75) is 17.7 Å². The number of methoxy groups -OCH3 is 1. The number of ether oxygens (including phenoxy) is 1. The predicted molar refractivity (Wildman–Crippen MR) is 138 cm³/mol. The predicted octanol–water partition coefficient (Wildman–Crippen LogP) is 5.01. The lowest BCUT2D eigenvalue weighted by atomic mass is 9.98. The summed E-state index contributed by atoms with van der Waals surface area (Å²) in [5.74, 6) is -0.0168. The molecule has 1 saturated heterocycles. The van der Waals surface area contributed by atoms with E-state index in [1.165, 1.54) is 23.5 Å². The Hall–Kier alpha value is -3.27. The molecule has 180 valence electrons. The maximum atomic E-state index is 13.1. The molecule has 7 nitrogen and oxygen atoms in total. The number of carbonyl (C=O) groups is 1. The number of sulfonamides is 1. The SMILES string of the molecule is COc1ccc(S(=O)(=O)N2CCCC(C(=O)Nc3cccc(-c4nc5ccccc5s4)c3)C2)cc1. The number of para-hydroxylation sites is 1. The van der Waals surface area contributed by atoms with Crippen LogP contribution in [0, 0.1) is 5.92 Å². The van der Waals surface area contributed by atoms with Crippen LogP contribution in [0.2, 0.25) is 0 Å². The first-order chi connectivity index (χ1) is 16.9. The lowest BCUT2D eigenvalue weighted by Crippen LogP contribution is -2.43. The summed E-state index contributed by atoms with van der Waals surface area (Å²) in [6.45, 7) is 0.545. The number of carbonyl (C=O) groups excluding carboxylic acids is 1. The topological polar surface area (TPSA) is 88.6 Å². The number of amides is 1. The van der Waals surface area contributed by atoms with Crippen molar-refractivity contribution < 1.29 is 17.9 Å². The minimum Gasteiger partial charge on any atom is -0.497 e. The van der Waals surface area contributed by atoms with E-state index in [2.05, 4.69) is 5.32 Å². The van der Waals surface area contributed by atoms with E-state index >= 15 is 0 Å². The molecule has 9 heteroatoms. The van der Waals surface area contributed by atoms with Crippen molar-refractivity contribution in [2.24, 2.45) is 5.92 Å². The Bertz CT molecular complexity index is 1430. The number of thiazole rings is 1. The van der Waals surface area contributed by atoms with Crippen LogP contribution in [0.4, 0.5) is 5.69 Å². The highest BCUT2D eigenvalue weighted by Crippen LogP contribution is 2.32. The molecule has 0 bridgehead atoms. The molecule has 3 aromatic carbocycles. The molecule has 1 aliphatic rings. The molecule has 1 fully saturated rings. The van der Waals surface area contributed by atoms with Crippen LogP contribution in [0.3, 0.4) is 0 Å². The summed E-state index contributed by atoms with van der Waals surface area (Å²) in [5, 5.41) is 3.87. The van der Waals surface area contributed by atoms with Gasteiger partial charge in [0.15, 0.2) is 0 Å². The molecule has 0 spiro atoms. The Morgan fingerprint density at radius 2 is 1.89 bits per heavy atom. The van der Waals surface area contributed by atoms with Gasteiger partial charge in [-0.15, -0.1) is 11.3 Å². The zero-order valence-electron chi connectivity index (χ0n) is 19.2. The number of anilines is 1. The van der Waals surface area contributed by atoms with E-state index in [1.54, 1.807) is 23.5 Å². The number of hydrogen-bond donors (Lipinski definition) is 1. The Balaban J connectivity index is 1.29. The van der Waals surface area contributed by atoms with E-state index < -0.39 is 15.9 Å². The van der Waals surface area contributed by atoms with Gasteiger partial charge < -0.3 is 10.1 Å². The Morgan fingerprint density at radius 3 is 2.66 bits per heavy atom. The largest absolute Gasteiger partial charge is 0.497 e. The third kappa shape index (κ3) is 4.93. The summed E-state index contributed by atoms with van der Waals surface area (Å²) in [5.41, 5.74) is 2.54. The molecule has 35 heavy (non-hydrogen) atoms. The lowest BCUT2D eigenvalue weighted by Gasteiger charge is -2.31. The van der Waals surface area contributed by atoms with Gasteiger partial charge in [0.2, 0.25) is 15.9 Å². The third-order valence-corrected chi connectivity index (χ3v) is 9.09. The van der Waals surface area contributed by atoms with Gasteiger partial charge in [0.25, 0.3) is 0 Å². The molecule has 0 radical (unpaired) electrons. The minimum atomic E-state index is -3.69. The highest BCUT2D eigenvalue weighted by molar-refractivity contribution is 7.89. The van der Waals surface area contributed by atoms with Crippen molar-refractivity contribution in [3.63, 3.8) is 0 Å². The van der Waals surface area contributed by atoms with E-state index in [0.29, 0.717) is 30.8 Å². The molecule has 1 amide bonds. The summed E-state index contributed by atoms with van der Waals surface area (Å²) >= 11 is 1.60. The molecule has 2 heterocycles. The molecular weight excluding hydrogens is 482 g/mol. The van der Waals surface area contributed by atoms with Gasteiger partial charge in [-0.1, -0.05) is 24.3 Å². The maximum Gasteiger partial charge on any atom is 0.243 e. The van der Waals surface area contributed by atoms with Gasteiger partial charge in [-0.25, -0.2) is 13.4 Å². The van der Waals surface area contributed by atoms with Crippen LogP contribution in [0.1, 0.15) is 12.8 Å². The Labute approximate surface area is 208 Å². The molecule has 1 N–H and O–H groups in total. The standard InChI is InChI=1S/C26H25N3O4S2/c1-33-21-11-13-22(14-12-21)35(31,32)29-15-5-7-19(17-29)25(30)27-20-8-4-6-18(16-20)26-28-23-9-2-3-10-24(23)34-26/h2-4,6,8-14,16,19H,5,7,15,17H2,1H3,(H,27,30). The molecule has 1 unspecified atom stereocenters. The van der Waals surface area contributed by atoms with E-state index in [0.717, 1.165) is 20.8 Å². The third-order valence-electron chi connectivity index (χ3n) is 6.12. The molecule has 1 atom stereocenters. The quantitative estimate of drug-likeness (QED) is 0.396. The number of benzene rings is 3. The number of fused-ring (bicyclic) bond motifs is 1. The lowest BCUT2D eigenvalue weighted by molar-refractivity contribution is -0.120. The zero-order valence-corrected chi connectivity index (χ0v) is 20.8. The van der Waals surface area contributed by atoms with Crippen LogP contribution in [0.5, 0.6) is 5.75 Å². The molecule has 5 rings (SSSR count). The first kappa shape index (κ1) is 23.5. The molecular formula is C26H25N3O4S2. The van der Waals surface area contributed by atoms with Crippen LogP contribution in [0.25, 0.3) is 20.8 Å². The van der Waals surface area contributed by atoms with Crippen molar-refractivity contribution in [2.75, 3.05) is 25.5 Å². The number of hydrogen-bond acceptors (Lipinski definition) is 6. The number of nitrogens with one attached hydrogen (secondary N) is 1. The highest BCUT2D eigenvalue weighted by atomic mass is 32.2. The Kier molecular flexibility index (Phi) is 6.55. The van der Waals surface area contributed by atoms with Gasteiger partial charge in [0.05, 0.1) is 28.1 Å². The zero-order chi connectivity index (χ0) is 24.4. The van der Waals surface area contributed by atoms with Gasteiger partial charge in [-0.05, 0) is 61.4 Å². The smallest absolute Gasteiger partial charge is 0.243 e. The van der Waals surface area contributed by atoms with Crippen LogP contribution < -0.4 is 10.1 Å². The minimum absolute atomic E-state index is 0.151. The molecule has 1 aromatic heterocycles. The second kappa shape index (κ2) is 9.77. The Morgan fingerprint density at radius 1 is 1.09 bits per heavy atom. The van der Waals surface area contributed by atoms with Crippen molar-refractivity contribution >= 4 is 43.2 Å². The van der Waals surface area contributed by atoms with Crippen LogP contribution in [-0.4, -0.2) is 43.8 Å². The number of nitrogens with zero attached hydrogens (tertiary/aromatic N) is 2. The maximum absolute atomic E-state index is 13.1. The van der Waals surface area contributed by atoms with E-state index in [4.69, 9.17) is 9.72 Å². The summed E-state index contributed by atoms with van der Waals surface area (Å²) in [4.78, 5) is 18.0. The molecule has 0 saturated carbocycles. The number of rotatable bonds is 6. The second-order valence-electron chi connectivity index (χ2n) is 8.43. The number of aromatic nitrogens is 1. The van der Waals surface area contributed by atoms with Gasteiger partial charge in [0.1, 0.15) is 10.8 Å². The van der Waals surface area contributed by atoms with E-state index in [-0.39, 0.29) is 17.3 Å². The fourth-order valence-corrected chi connectivity index (χ4v) is 6.73. The molecule has 0 aliphatic carbocycles. The molecule has 1 aliphatic heterocycles. The first-order valence-electron chi connectivity index (χ1n) is 11.3. The van der Waals surface area contributed by atoms with Gasteiger partial charge in [0, 0.05) is 24.3 Å².